The Morgan fingerprint density at radius 3 is 2.81 bits per heavy atom. The Balaban J connectivity index is 1.52. The van der Waals surface area contributed by atoms with E-state index in [1.54, 1.807) is 24.3 Å². The van der Waals surface area contributed by atoms with Gasteiger partial charge in [0.25, 0.3) is 5.91 Å². The van der Waals surface area contributed by atoms with E-state index < -0.39 is 11.7 Å². The van der Waals surface area contributed by atoms with E-state index in [0.717, 1.165) is 11.4 Å². The number of anilines is 1. The summed E-state index contributed by atoms with van der Waals surface area (Å²) in [5.41, 5.74) is 2.05. The van der Waals surface area contributed by atoms with Crippen molar-refractivity contribution in [1.29, 1.82) is 0 Å². The lowest BCUT2D eigenvalue weighted by molar-refractivity contribution is 0.0997. The number of amides is 1. The lowest BCUT2D eigenvalue weighted by atomic mass is 10.1. The Kier molecular flexibility index (Phi) is 4.14. The van der Waals surface area contributed by atoms with Crippen LogP contribution in [0.25, 0.3) is 22.7 Å². The minimum atomic E-state index is -0.430. The number of hydrogen-bond acceptors (Lipinski definition) is 4. The topological polar surface area (TPSA) is 60.1 Å². The Labute approximate surface area is 152 Å². The highest BCUT2D eigenvalue weighted by Gasteiger charge is 2.16. The molecule has 130 valence electrons. The van der Waals surface area contributed by atoms with E-state index in [-0.39, 0.29) is 5.76 Å². The molecule has 4 rings (SSSR count). The van der Waals surface area contributed by atoms with Gasteiger partial charge in [-0.05, 0) is 36.4 Å². The second-order valence-electron chi connectivity index (χ2n) is 5.64. The molecule has 0 aliphatic heterocycles. The first kappa shape index (κ1) is 16.3. The van der Waals surface area contributed by atoms with Crippen LogP contribution in [0.15, 0.2) is 64.5 Å². The number of nitrogens with zero attached hydrogens (tertiary/aromatic N) is 2. The van der Waals surface area contributed by atoms with Gasteiger partial charge in [-0.1, -0.05) is 12.1 Å². The Morgan fingerprint density at radius 2 is 2.04 bits per heavy atom. The van der Waals surface area contributed by atoms with Gasteiger partial charge in [0.1, 0.15) is 11.6 Å². The normalized spacial score (nSPS) is 10.8. The fraction of sp³-hybridized carbons (Fsp3) is 0.0526. The maximum atomic E-state index is 13.8. The summed E-state index contributed by atoms with van der Waals surface area (Å²) in [6.07, 6.45) is 1.93. The first-order chi connectivity index (χ1) is 12.6. The lowest BCUT2D eigenvalue weighted by Crippen LogP contribution is -2.10. The molecule has 1 amide bonds. The molecule has 0 saturated carbocycles. The highest BCUT2D eigenvalue weighted by Crippen LogP contribution is 2.27. The van der Waals surface area contributed by atoms with Crippen LogP contribution >= 0.6 is 11.3 Å². The summed E-state index contributed by atoms with van der Waals surface area (Å²) >= 11 is 1.33. The summed E-state index contributed by atoms with van der Waals surface area (Å²) in [7, 11) is 1.93. The van der Waals surface area contributed by atoms with Crippen molar-refractivity contribution in [3.8, 4) is 22.7 Å². The van der Waals surface area contributed by atoms with E-state index >= 15 is 0 Å². The third-order valence-corrected chi connectivity index (χ3v) is 4.66. The summed E-state index contributed by atoms with van der Waals surface area (Å²) in [6, 6.07) is 13.2. The van der Waals surface area contributed by atoms with Gasteiger partial charge in [-0.2, -0.15) is 0 Å². The molecule has 5 nitrogen and oxygen atoms in total. The van der Waals surface area contributed by atoms with Gasteiger partial charge < -0.3 is 8.98 Å². The maximum absolute atomic E-state index is 13.8. The predicted octanol–water partition coefficient (Wildman–Crippen LogP) is 4.80. The number of halogens is 1. The largest absolute Gasteiger partial charge is 0.451 e. The third-order valence-electron chi connectivity index (χ3n) is 3.90. The standard InChI is InChI=1S/C19H14FN3O2S/c1-23-10-4-7-15(23)14-11-26-19(21-14)22-18(24)17-9-8-16(25-17)12-5-2-3-6-13(12)20/h2-11H,1H3,(H,21,22,24). The second-order valence-corrected chi connectivity index (χ2v) is 6.50. The molecule has 26 heavy (non-hydrogen) atoms. The van der Waals surface area contributed by atoms with Gasteiger partial charge in [-0.3, -0.25) is 10.1 Å². The molecule has 0 spiro atoms. The van der Waals surface area contributed by atoms with Gasteiger partial charge in [0, 0.05) is 18.6 Å². The SMILES string of the molecule is Cn1cccc1-c1csc(NC(=O)c2ccc(-c3ccccc3F)o2)n1. The molecule has 0 aliphatic rings. The van der Waals surface area contributed by atoms with Crippen LogP contribution in [-0.2, 0) is 7.05 Å². The third kappa shape index (κ3) is 3.04. The van der Waals surface area contributed by atoms with Crippen molar-refractivity contribution in [3.63, 3.8) is 0 Å². The van der Waals surface area contributed by atoms with Gasteiger partial charge in [0.15, 0.2) is 10.9 Å². The number of furan rings is 1. The molecule has 1 N–H and O–H groups in total. The van der Waals surface area contributed by atoms with Crippen LogP contribution in [0.4, 0.5) is 9.52 Å². The van der Waals surface area contributed by atoms with Gasteiger partial charge in [0.2, 0.25) is 0 Å². The van der Waals surface area contributed by atoms with Crippen LogP contribution in [-0.4, -0.2) is 15.5 Å². The van der Waals surface area contributed by atoms with Crippen LogP contribution < -0.4 is 5.32 Å². The minimum Gasteiger partial charge on any atom is -0.451 e. The monoisotopic (exact) mass is 367 g/mol. The van der Waals surface area contributed by atoms with E-state index in [0.29, 0.717) is 16.5 Å². The molecule has 0 saturated heterocycles. The summed E-state index contributed by atoms with van der Waals surface area (Å²) < 4.78 is 21.3. The van der Waals surface area contributed by atoms with Crippen molar-refractivity contribution in [2.75, 3.05) is 5.32 Å². The van der Waals surface area contributed by atoms with Crippen molar-refractivity contribution < 1.29 is 13.6 Å². The molecule has 1 aromatic carbocycles. The second kappa shape index (κ2) is 6.61. The Hall–Kier alpha value is -3.19. The summed E-state index contributed by atoms with van der Waals surface area (Å²) in [4.78, 5) is 16.8. The van der Waals surface area contributed by atoms with Crippen LogP contribution in [0, 0.1) is 5.82 Å². The van der Waals surface area contributed by atoms with Gasteiger partial charge in [-0.25, -0.2) is 9.37 Å². The van der Waals surface area contributed by atoms with Crippen molar-refractivity contribution in [2.24, 2.45) is 7.05 Å². The summed E-state index contributed by atoms with van der Waals surface area (Å²) in [5, 5.41) is 5.05. The molecular weight excluding hydrogens is 353 g/mol. The Bertz CT molecular complexity index is 1080. The molecule has 0 atom stereocenters. The van der Waals surface area contributed by atoms with Crippen LogP contribution in [0.5, 0.6) is 0 Å². The number of nitrogens with one attached hydrogen (secondary N) is 1. The highest BCUT2D eigenvalue weighted by atomic mass is 32.1. The van der Waals surface area contributed by atoms with Gasteiger partial charge in [0.05, 0.1) is 17.0 Å². The molecular formula is C19H14FN3O2S. The lowest BCUT2D eigenvalue weighted by Gasteiger charge is -2.00. The van der Waals surface area contributed by atoms with E-state index in [9.17, 15) is 9.18 Å². The summed E-state index contributed by atoms with van der Waals surface area (Å²) in [5.74, 6) is -0.433. The zero-order chi connectivity index (χ0) is 18.1. The maximum Gasteiger partial charge on any atom is 0.293 e. The Morgan fingerprint density at radius 1 is 1.19 bits per heavy atom. The van der Waals surface area contributed by atoms with Gasteiger partial charge in [-0.15, -0.1) is 11.3 Å². The molecule has 0 bridgehead atoms. The first-order valence-corrected chi connectivity index (χ1v) is 8.73. The molecule has 0 radical (unpaired) electrons. The molecule has 0 unspecified atom stereocenters. The van der Waals surface area contributed by atoms with Crippen molar-refractivity contribution in [1.82, 2.24) is 9.55 Å². The molecule has 3 heterocycles. The predicted molar refractivity (Wildman–Crippen MR) is 98.6 cm³/mol. The van der Waals surface area contributed by atoms with E-state index in [1.807, 2.05) is 35.3 Å². The van der Waals surface area contributed by atoms with Crippen molar-refractivity contribution in [2.45, 2.75) is 0 Å². The fourth-order valence-corrected chi connectivity index (χ4v) is 3.30. The van der Waals surface area contributed by atoms with Crippen molar-refractivity contribution in [3.05, 3.63) is 71.7 Å². The number of thiazole rings is 1. The number of hydrogen-bond donors (Lipinski definition) is 1. The molecule has 4 aromatic rings. The number of aryl methyl sites for hydroxylation is 1. The quantitative estimate of drug-likeness (QED) is 0.564. The zero-order valence-electron chi connectivity index (χ0n) is 13.8. The molecule has 0 aliphatic carbocycles. The van der Waals surface area contributed by atoms with Crippen LogP contribution in [0.3, 0.4) is 0 Å². The molecule has 7 heteroatoms. The van der Waals surface area contributed by atoms with Crippen LogP contribution in [0.2, 0.25) is 0 Å². The van der Waals surface area contributed by atoms with E-state index in [4.69, 9.17) is 4.42 Å². The van der Waals surface area contributed by atoms with E-state index in [1.165, 1.54) is 23.5 Å². The smallest absolute Gasteiger partial charge is 0.293 e. The zero-order valence-corrected chi connectivity index (χ0v) is 14.6. The van der Waals surface area contributed by atoms with Crippen LogP contribution in [0.1, 0.15) is 10.6 Å². The molecule has 3 aromatic heterocycles. The average molecular weight is 367 g/mol. The number of carbonyl (C=O) groups is 1. The number of rotatable bonds is 4. The first-order valence-electron chi connectivity index (χ1n) is 7.85. The summed E-state index contributed by atoms with van der Waals surface area (Å²) in [6.45, 7) is 0. The van der Waals surface area contributed by atoms with Gasteiger partial charge >= 0.3 is 0 Å². The number of benzene rings is 1. The van der Waals surface area contributed by atoms with E-state index in [2.05, 4.69) is 10.3 Å². The highest BCUT2D eigenvalue weighted by molar-refractivity contribution is 7.14. The number of aromatic nitrogens is 2. The average Bonchev–Trinajstić information content (AvgIpc) is 3.35. The fourth-order valence-electron chi connectivity index (χ4n) is 2.60. The molecule has 0 fully saturated rings. The minimum absolute atomic E-state index is 0.0962. The number of carbonyl (C=O) groups excluding carboxylic acids is 1. The van der Waals surface area contributed by atoms with Crippen molar-refractivity contribution >= 4 is 22.4 Å².